The number of aryl methyl sites for hydroxylation is 1. The summed E-state index contributed by atoms with van der Waals surface area (Å²) >= 11 is 0. The van der Waals surface area contributed by atoms with Gasteiger partial charge in [0.05, 0.1) is 17.4 Å². The fourth-order valence-corrected chi connectivity index (χ4v) is 4.45. The van der Waals surface area contributed by atoms with Crippen molar-refractivity contribution in [3.05, 3.63) is 30.1 Å². The highest BCUT2D eigenvalue weighted by molar-refractivity contribution is 5.76. The van der Waals surface area contributed by atoms with Gasteiger partial charge in [-0.05, 0) is 49.8 Å². The maximum Gasteiger partial charge on any atom is 0.317 e. The van der Waals surface area contributed by atoms with Crippen LogP contribution in [0.15, 0.2) is 24.5 Å². The topological polar surface area (TPSA) is 50.2 Å². The average Bonchev–Trinajstić information content (AvgIpc) is 3.12. The number of nitrogens with zero attached hydrogens (tertiary/aromatic N) is 3. The number of amides is 2. The van der Waals surface area contributed by atoms with Crippen LogP contribution in [0.1, 0.15) is 63.5 Å². The van der Waals surface area contributed by atoms with Gasteiger partial charge in [0.2, 0.25) is 0 Å². The van der Waals surface area contributed by atoms with E-state index >= 15 is 0 Å². The van der Waals surface area contributed by atoms with Crippen molar-refractivity contribution < 1.29 is 4.79 Å². The number of rotatable bonds is 3. The van der Waals surface area contributed by atoms with Gasteiger partial charge in [-0.1, -0.05) is 32.3 Å². The second-order valence-corrected chi connectivity index (χ2v) is 7.83. The number of hydrogen-bond acceptors (Lipinski definition) is 2. The minimum absolute atomic E-state index is 0.137. The van der Waals surface area contributed by atoms with Crippen molar-refractivity contribution in [2.45, 2.75) is 70.4 Å². The number of hydrogen-bond donors (Lipinski definition) is 1. The predicted molar refractivity (Wildman–Crippen MR) is 104 cm³/mol. The highest BCUT2D eigenvalue weighted by Gasteiger charge is 2.26. The van der Waals surface area contributed by atoms with Crippen molar-refractivity contribution >= 4 is 17.1 Å². The minimum Gasteiger partial charge on any atom is -0.335 e. The molecular formula is C21H30N4O. The zero-order valence-corrected chi connectivity index (χ0v) is 15.8. The van der Waals surface area contributed by atoms with Crippen LogP contribution in [0.2, 0.25) is 0 Å². The van der Waals surface area contributed by atoms with E-state index in [0.29, 0.717) is 12.1 Å². The van der Waals surface area contributed by atoms with Crippen molar-refractivity contribution in [3.8, 4) is 0 Å². The number of urea groups is 1. The number of nitrogens with one attached hydrogen (secondary N) is 1. The molecule has 0 bridgehead atoms. The minimum atomic E-state index is 0.137. The van der Waals surface area contributed by atoms with Gasteiger partial charge in [0.1, 0.15) is 0 Å². The summed E-state index contributed by atoms with van der Waals surface area (Å²) in [5.74, 6) is 0. The molecular weight excluding hydrogens is 324 g/mol. The SMILES string of the molecule is CCc1ccc2c(c1)ncn2C1CCN(C(=O)NC2CCCCC2)CC1. The molecule has 0 atom stereocenters. The summed E-state index contributed by atoms with van der Waals surface area (Å²) in [6.45, 7) is 3.83. The summed E-state index contributed by atoms with van der Waals surface area (Å²) in [5.41, 5.74) is 3.63. The number of carbonyl (C=O) groups excluding carboxylic acids is 1. The molecule has 26 heavy (non-hydrogen) atoms. The van der Waals surface area contributed by atoms with E-state index in [1.165, 1.54) is 30.3 Å². The summed E-state index contributed by atoms with van der Waals surface area (Å²) < 4.78 is 2.31. The second kappa shape index (κ2) is 7.68. The molecule has 1 aliphatic heterocycles. The summed E-state index contributed by atoms with van der Waals surface area (Å²) in [5, 5.41) is 3.25. The average molecular weight is 354 g/mol. The second-order valence-electron chi connectivity index (χ2n) is 7.83. The molecule has 5 nitrogen and oxygen atoms in total. The number of carbonyl (C=O) groups is 1. The smallest absolute Gasteiger partial charge is 0.317 e. The van der Waals surface area contributed by atoms with E-state index in [1.54, 1.807) is 0 Å². The Balaban J connectivity index is 1.36. The molecule has 4 rings (SSSR count). The lowest BCUT2D eigenvalue weighted by Gasteiger charge is -2.34. The quantitative estimate of drug-likeness (QED) is 0.894. The standard InChI is InChI=1S/C21H30N4O/c1-2-16-8-9-20-19(14-16)22-15-25(20)18-10-12-24(13-11-18)21(26)23-17-6-4-3-5-7-17/h8-9,14-15,17-18H,2-7,10-13H2,1H3,(H,23,26). The number of aromatic nitrogens is 2. The molecule has 0 unspecified atom stereocenters. The number of piperidine rings is 1. The van der Waals surface area contributed by atoms with Crippen LogP contribution in [0, 0.1) is 0 Å². The van der Waals surface area contributed by atoms with Gasteiger partial charge < -0.3 is 14.8 Å². The highest BCUT2D eigenvalue weighted by atomic mass is 16.2. The van der Waals surface area contributed by atoms with E-state index in [4.69, 9.17) is 0 Å². The van der Waals surface area contributed by atoms with Crippen molar-refractivity contribution in [1.82, 2.24) is 19.8 Å². The van der Waals surface area contributed by atoms with Crippen LogP contribution in [0.3, 0.4) is 0 Å². The van der Waals surface area contributed by atoms with E-state index in [0.717, 1.165) is 50.7 Å². The largest absolute Gasteiger partial charge is 0.335 e. The fourth-order valence-electron chi connectivity index (χ4n) is 4.45. The van der Waals surface area contributed by atoms with Crippen LogP contribution in [0.5, 0.6) is 0 Å². The first-order valence-corrected chi connectivity index (χ1v) is 10.3. The predicted octanol–water partition coefficient (Wildman–Crippen LogP) is 4.28. The monoisotopic (exact) mass is 354 g/mol. The number of fused-ring (bicyclic) bond motifs is 1. The summed E-state index contributed by atoms with van der Waals surface area (Å²) in [4.78, 5) is 19.1. The van der Waals surface area contributed by atoms with Crippen molar-refractivity contribution in [2.75, 3.05) is 13.1 Å². The first kappa shape index (κ1) is 17.4. The van der Waals surface area contributed by atoms with Gasteiger partial charge in [-0.3, -0.25) is 0 Å². The third-order valence-electron chi connectivity index (χ3n) is 6.13. The maximum absolute atomic E-state index is 12.5. The van der Waals surface area contributed by atoms with Crippen molar-refractivity contribution in [2.24, 2.45) is 0 Å². The molecule has 0 radical (unpaired) electrons. The van der Waals surface area contributed by atoms with Gasteiger partial charge in [-0.2, -0.15) is 0 Å². The van der Waals surface area contributed by atoms with E-state index in [1.807, 2.05) is 11.2 Å². The summed E-state index contributed by atoms with van der Waals surface area (Å²) in [7, 11) is 0. The zero-order valence-electron chi connectivity index (χ0n) is 15.8. The summed E-state index contributed by atoms with van der Waals surface area (Å²) in [6, 6.07) is 7.55. The van der Waals surface area contributed by atoms with Crippen LogP contribution in [-0.4, -0.2) is 39.6 Å². The lowest BCUT2D eigenvalue weighted by molar-refractivity contribution is 0.166. The Labute approximate surface area is 155 Å². The Bertz CT molecular complexity index is 754. The normalized spacial score (nSPS) is 19.8. The Hall–Kier alpha value is -2.04. The third kappa shape index (κ3) is 3.57. The van der Waals surface area contributed by atoms with Crippen molar-refractivity contribution in [3.63, 3.8) is 0 Å². The molecule has 2 fully saturated rings. The van der Waals surface area contributed by atoms with Crippen LogP contribution in [0.25, 0.3) is 11.0 Å². The van der Waals surface area contributed by atoms with Crippen LogP contribution < -0.4 is 5.32 Å². The van der Waals surface area contributed by atoms with Crippen LogP contribution in [-0.2, 0) is 6.42 Å². The first-order valence-electron chi connectivity index (χ1n) is 10.3. The Morgan fingerprint density at radius 2 is 1.92 bits per heavy atom. The fraction of sp³-hybridized carbons (Fsp3) is 0.619. The molecule has 5 heteroatoms. The molecule has 2 aromatic rings. The molecule has 1 aliphatic carbocycles. The Kier molecular flexibility index (Phi) is 5.14. The highest BCUT2D eigenvalue weighted by Crippen LogP contribution is 2.27. The van der Waals surface area contributed by atoms with Gasteiger partial charge in [0, 0.05) is 25.2 Å². The van der Waals surface area contributed by atoms with Gasteiger partial charge in [0.15, 0.2) is 0 Å². The van der Waals surface area contributed by atoms with Gasteiger partial charge in [0.25, 0.3) is 0 Å². The molecule has 2 amide bonds. The van der Waals surface area contributed by atoms with E-state index < -0.39 is 0 Å². The van der Waals surface area contributed by atoms with E-state index in [9.17, 15) is 4.79 Å². The van der Waals surface area contributed by atoms with Crippen LogP contribution in [0.4, 0.5) is 4.79 Å². The van der Waals surface area contributed by atoms with Crippen molar-refractivity contribution in [1.29, 1.82) is 0 Å². The lowest BCUT2D eigenvalue weighted by atomic mass is 9.95. The third-order valence-corrected chi connectivity index (χ3v) is 6.13. The molecule has 1 aromatic heterocycles. The zero-order chi connectivity index (χ0) is 17.9. The van der Waals surface area contributed by atoms with Gasteiger partial charge in [-0.25, -0.2) is 9.78 Å². The van der Waals surface area contributed by atoms with Gasteiger partial charge in [-0.15, -0.1) is 0 Å². The molecule has 1 aromatic carbocycles. The summed E-state index contributed by atoms with van der Waals surface area (Å²) in [6.07, 6.45) is 11.1. The molecule has 0 spiro atoms. The first-order chi connectivity index (χ1) is 12.7. The van der Waals surface area contributed by atoms with Gasteiger partial charge >= 0.3 is 6.03 Å². The lowest BCUT2D eigenvalue weighted by Crippen LogP contribution is -2.48. The molecule has 2 aliphatic rings. The Morgan fingerprint density at radius 3 is 2.65 bits per heavy atom. The molecule has 140 valence electrons. The van der Waals surface area contributed by atoms with E-state index in [2.05, 4.69) is 40.0 Å². The molecule has 1 saturated heterocycles. The van der Waals surface area contributed by atoms with Crippen LogP contribution >= 0.6 is 0 Å². The molecule has 2 heterocycles. The molecule has 1 saturated carbocycles. The number of imidazole rings is 1. The molecule has 1 N–H and O–H groups in total. The maximum atomic E-state index is 12.5. The Morgan fingerprint density at radius 1 is 1.15 bits per heavy atom. The van der Waals surface area contributed by atoms with E-state index in [-0.39, 0.29) is 6.03 Å². The number of benzene rings is 1. The number of likely N-dealkylation sites (tertiary alicyclic amines) is 1.